The second-order valence-corrected chi connectivity index (χ2v) is 6.13. The van der Waals surface area contributed by atoms with Crippen molar-refractivity contribution < 1.29 is 9.59 Å². The average molecular weight is 300 g/mol. The van der Waals surface area contributed by atoms with Gasteiger partial charge >= 0.3 is 0 Å². The number of hydrogen-bond donors (Lipinski definition) is 0. The Kier molecular flexibility index (Phi) is 3.84. The lowest BCUT2D eigenvalue weighted by molar-refractivity contribution is -0.129. The first kappa shape index (κ1) is 13.9. The van der Waals surface area contributed by atoms with Gasteiger partial charge in [0, 0.05) is 24.5 Å². The predicted molar refractivity (Wildman–Crippen MR) is 81.1 cm³/mol. The predicted octanol–water partition coefficient (Wildman–Crippen LogP) is 2.94. The Hall–Kier alpha value is -2.01. The molecule has 1 fully saturated rings. The lowest BCUT2D eigenvalue weighted by Gasteiger charge is -2.25. The number of amides is 1. The van der Waals surface area contributed by atoms with Crippen molar-refractivity contribution in [2.75, 3.05) is 6.54 Å². The van der Waals surface area contributed by atoms with Gasteiger partial charge in [-0.1, -0.05) is 30.3 Å². The fraction of sp³-hybridized carbons (Fsp3) is 0.312. The van der Waals surface area contributed by atoms with Crippen LogP contribution in [0.1, 0.15) is 34.8 Å². The Labute approximate surface area is 127 Å². The van der Waals surface area contributed by atoms with E-state index in [4.69, 9.17) is 0 Å². The van der Waals surface area contributed by atoms with Gasteiger partial charge < -0.3 is 4.90 Å². The summed E-state index contributed by atoms with van der Waals surface area (Å²) in [7, 11) is 0. The fourth-order valence-electron chi connectivity index (χ4n) is 2.71. The zero-order valence-corrected chi connectivity index (χ0v) is 12.5. The standard InChI is InChI=1S/C16H16N2O2S/c1-11(12-5-3-2-4-6-12)18-10-13(9-14(18)19)15(20)16-17-7-8-21-16/h2-8,11,13H,9-10H2,1H3. The molecule has 0 N–H and O–H groups in total. The summed E-state index contributed by atoms with van der Waals surface area (Å²) in [5.74, 6) is -0.239. The summed E-state index contributed by atoms with van der Waals surface area (Å²) in [6.45, 7) is 2.48. The van der Waals surface area contributed by atoms with Crippen LogP contribution >= 0.6 is 11.3 Å². The van der Waals surface area contributed by atoms with E-state index in [0.717, 1.165) is 5.56 Å². The number of hydrogen-bond acceptors (Lipinski definition) is 4. The molecule has 5 heteroatoms. The van der Waals surface area contributed by atoms with Crippen molar-refractivity contribution in [2.45, 2.75) is 19.4 Å². The Bertz CT molecular complexity index is 640. The summed E-state index contributed by atoms with van der Waals surface area (Å²) in [4.78, 5) is 30.4. The summed E-state index contributed by atoms with van der Waals surface area (Å²) in [5, 5.41) is 2.29. The number of carbonyl (C=O) groups excluding carboxylic acids is 2. The van der Waals surface area contributed by atoms with Crippen molar-refractivity contribution in [3.8, 4) is 0 Å². The third-order valence-corrected chi connectivity index (χ3v) is 4.71. The quantitative estimate of drug-likeness (QED) is 0.816. The summed E-state index contributed by atoms with van der Waals surface area (Å²) in [6, 6.07) is 9.89. The summed E-state index contributed by atoms with van der Waals surface area (Å²) < 4.78 is 0. The van der Waals surface area contributed by atoms with E-state index in [0.29, 0.717) is 11.6 Å². The van der Waals surface area contributed by atoms with E-state index in [2.05, 4.69) is 4.98 Å². The molecular weight excluding hydrogens is 284 g/mol. The Morgan fingerprint density at radius 3 is 2.81 bits per heavy atom. The largest absolute Gasteiger partial charge is 0.335 e. The van der Waals surface area contributed by atoms with Crippen LogP contribution in [0.3, 0.4) is 0 Å². The van der Waals surface area contributed by atoms with E-state index in [9.17, 15) is 9.59 Å². The molecule has 0 bridgehead atoms. The highest BCUT2D eigenvalue weighted by molar-refractivity contribution is 7.11. The molecule has 0 aliphatic carbocycles. The van der Waals surface area contributed by atoms with Crippen molar-refractivity contribution in [3.63, 3.8) is 0 Å². The van der Waals surface area contributed by atoms with Crippen LogP contribution in [0.15, 0.2) is 41.9 Å². The molecule has 1 aliphatic heterocycles. The molecule has 1 aromatic heterocycles. The highest BCUT2D eigenvalue weighted by Crippen LogP contribution is 2.30. The van der Waals surface area contributed by atoms with Crippen LogP contribution in [-0.4, -0.2) is 28.1 Å². The number of likely N-dealkylation sites (tertiary alicyclic amines) is 1. The van der Waals surface area contributed by atoms with Crippen LogP contribution in [-0.2, 0) is 4.79 Å². The molecule has 2 unspecified atom stereocenters. The number of nitrogens with zero attached hydrogens (tertiary/aromatic N) is 2. The van der Waals surface area contributed by atoms with Gasteiger partial charge in [0.2, 0.25) is 5.91 Å². The van der Waals surface area contributed by atoms with Gasteiger partial charge in [-0.05, 0) is 12.5 Å². The first-order valence-electron chi connectivity index (χ1n) is 6.95. The smallest absolute Gasteiger partial charge is 0.223 e. The Morgan fingerprint density at radius 2 is 2.14 bits per heavy atom. The van der Waals surface area contributed by atoms with Crippen LogP contribution in [0, 0.1) is 5.92 Å². The van der Waals surface area contributed by atoms with Crippen LogP contribution in [0.4, 0.5) is 0 Å². The fourth-order valence-corrected chi connectivity index (χ4v) is 3.37. The van der Waals surface area contributed by atoms with Crippen LogP contribution < -0.4 is 0 Å². The number of rotatable bonds is 4. The van der Waals surface area contributed by atoms with Gasteiger partial charge in [-0.25, -0.2) is 4.98 Å². The van der Waals surface area contributed by atoms with Crippen LogP contribution in [0.2, 0.25) is 0 Å². The molecule has 1 aliphatic rings. The normalized spacial score (nSPS) is 19.8. The monoisotopic (exact) mass is 300 g/mol. The summed E-state index contributed by atoms with van der Waals surface area (Å²) >= 11 is 1.33. The molecule has 0 radical (unpaired) electrons. The van der Waals surface area contributed by atoms with Gasteiger partial charge in [0.05, 0.1) is 12.0 Å². The van der Waals surface area contributed by atoms with E-state index < -0.39 is 0 Å². The second kappa shape index (κ2) is 5.77. The molecule has 2 aromatic rings. The molecule has 0 spiro atoms. The Morgan fingerprint density at radius 1 is 1.38 bits per heavy atom. The first-order chi connectivity index (χ1) is 10.2. The lowest BCUT2D eigenvalue weighted by atomic mass is 10.0. The minimum atomic E-state index is -0.269. The maximum absolute atomic E-state index is 12.3. The highest BCUT2D eigenvalue weighted by Gasteiger charge is 2.37. The zero-order chi connectivity index (χ0) is 14.8. The molecule has 0 saturated carbocycles. The first-order valence-corrected chi connectivity index (χ1v) is 7.83. The minimum Gasteiger partial charge on any atom is -0.335 e. The van der Waals surface area contributed by atoms with Crippen LogP contribution in [0.25, 0.3) is 0 Å². The number of ketones is 1. The molecule has 3 rings (SSSR count). The zero-order valence-electron chi connectivity index (χ0n) is 11.7. The van der Waals surface area contributed by atoms with Crippen molar-refractivity contribution in [2.24, 2.45) is 5.92 Å². The SMILES string of the molecule is CC(c1ccccc1)N1CC(C(=O)c2nccs2)CC1=O. The van der Waals surface area contributed by atoms with Crippen molar-refractivity contribution in [1.29, 1.82) is 0 Å². The molecule has 2 atom stereocenters. The molecule has 108 valence electrons. The van der Waals surface area contributed by atoms with Crippen LogP contribution in [0.5, 0.6) is 0 Å². The van der Waals surface area contributed by atoms with Gasteiger partial charge in [-0.15, -0.1) is 11.3 Å². The molecule has 4 nitrogen and oxygen atoms in total. The number of thiazole rings is 1. The molecule has 1 saturated heterocycles. The number of Topliss-reactive ketones (excluding diaryl/α,β-unsaturated/α-hetero) is 1. The van der Waals surface area contributed by atoms with Gasteiger partial charge in [-0.3, -0.25) is 9.59 Å². The average Bonchev–Trinajstić information content (AvgIpc) is 3.16. The van der Waals surface area contributed by atoms with Gasteiger partial charge in [0.25, 0.3) is 0 Å². The minimum absolute atomic E-state index is 0.00667. The van der Waals surface area contributed by atoms with Crippen molar-refractivity contribution >= 4 is 23.0 Å². The van der Waals surface area contributed by atoms with Gasteiger partial charge in [-0.2, -0.15) is 0 Å². The Balaban J connectivity index is 1.75. The maximum Gasteiger partial charge on any atom is 0.223 e. The third-order valence-electron chi connectivity index (χ3n) is 3.92. The number of aromatic nitrogens is 1. The summed E-state index contributed by atoms with van der Waals surface area (Å²) in [5.41, 5.74) is 1.09. The second-order valence-electron chi connectivity index (χ2n) is 5.24. The number of benzene rings is 1. The third kappa shape index (κ3) is 2.74. The molecule has 1 aromatic carbocycles. The van der Waals surface area contributed by atoms with Crippen molar-refractivity contribution in [3.05, 3.63) is 52.5 Å². The van der Waals surface area contributed by atoms with E-state index >= 15 is 0 Å². The van der Waals surface area contributed by atoms with Gasteiger partial charge in [0.1, 0.15) is 0 Å². The molecule has 1 amide bonds. The highest BCUT2D eigenvalue weighted by atomic mass is 32.1. The van der Waals surface area contributed by atoms with E-state index in [1.807, 2.05) is 37.3 Å². The molecular formula is C16H16N2O2S. The number of carbonyl (C=O) groups is 2. The van der Waals surface area contributed by atoms with E-state index in [-0.39, 0.29) is 30.1 Å². The topological polar surface area (TPSA) is 50.3 Å². The van der Waals surface area contributed by atoms with Crippen molar-refractivity contribution in [1.82, 2.24) is 9.88 Å². The maximum atomic E-state index is 12.3. The molecule has 21 heavy (non-hydrogen) atoms. The van der Waals surface area contributed by atoms with E-state index in [1.165, 1.54) is 11.3 Å². The van der Waals surface area contributed by atoms with Gasteiger partial charge in [0.15, 0.2) is 10.8 Å². The lowest BCUT2D eigenvalue weighted by Crippen LogP contribution is -2.29. The van der Waals surface area contributed by atoms with E-state index in [1.54, 1.807) is 16.5 Å². The molecule has 2 heterocycles. The summed E-state index contributed by atoms with van der Waals surface area (Å²) in [6.07, 6.45) is 1.91.